The van der Waals surface area contributed by atoms with Crippen molar-refractivity contribution >= 4 is 34.4 Å². The highest BCUT2D eigenvalue weighted by Crippen LogP contribution is 2.37. The van der Waals surface area contributed by atoms with Gasteiger partial charge >= 0.3 is 0 Å². The third-order valence-corrected chi connectivity index (χ3v) is 8.44. The van der Waals surface area contributed by atoms with Crippen molar-refractivity contribution in [2.24, 2.45) is 0 Å². The van der Waals surface area contributed by atoms with Crippen LogP contribution in [0.2, 0.25) is 0 Å². The first kappa shape index (κ1) is 33.0. The lowest BCUT2D eigenvalue weighted by Crippen LogP contribution is -2.57. The van der Waals surface area contributed by atoms with E-state index in [2.05, 4.69) is 27.9 Å². The zero-order valence-corrected chi connectivity index (χ0v) is 26.5. The number of hydrogen-bond donors (Lipinski definition) is 4. The summed E-state index contributed by atoms with van der Waals surface area (Å²) in [5, 5.41) is 33.4. The maximum Gasteiger partial charge on any atom is 0.252 e. The average molecular weight is 711 g/mol. The van der Waals surface area contributed by atoms with E-state index in [-0.39, 0.29) is 38.6 Å². The molecule has 2 aliphatic rings. The second kappa shape index (κ2) is 15.7. The van der Waals surface area contributed by atoms with Gasteiger partial charge in [0.2, 0.25) is 5.91 Å². The Balaban J connectivity index is 1.70. The number of aliphatic hydroxyl groups is 3. The summed E-state index contributed by atoms with van der Waals surface area (Å²) in [4.78, 5) is 28.7. The molecule has 0 saturated carbocycles. The van der Waals surface area contributed by atoms with Gasteiger partial charge < -0.3 is 44.5 Å². The quantitative estimate of drug-likeness (QED) is 0.229. The van der Waals surface area contributed by atoms with Crippen LogP contribution in [0.25, 0.3) is 0 Å². The Morgan fingerprint density at radius 3 is 2.58 bits per heavy atom. The lowest BCUT2D eigenvalue weighted by atomic mass is 9.87. The molecule has 1 aliphatic carbocycles. The van der Waals surface area contributed by atoms with E-state index in [9.17, 15) is 24.9 Å². The summed E-state index contributed by atoms with van der Waals surface area (Å²) in [7, 11) is 3.06. The van der Waals surface area contributed by atoms with Crippen molar-refractivity contribution in [2.75, 3.05) is 40.5 Å². The first-order valence-corrected chi connectivity index (χ1v) is 15.3. The minimum absolute atomic E-state index is 0.0512. The van der Waals surface area contributed by atoms with Crippen LogP contribution in [0.15, 0.2) is 48.0 Å². The van der Waals surface area contributed by atoms with Crippen molar-refractivity contribution in [3.8, 4) is 17.2 Å². The number of carbonyl (C=O) groups excluding carboxylic acids is 2. The minimum atomic E-state index is -1.21. The lowest BCUT2D eigenvalue weighted by Gasteiger charge is -2.41. The molecule has 0 bridgehead atoms. The van der Waals surface area contributed by atoms with Crippen molar-refractivity contribution in [1.82, 2.24) is 10.2 Å². The maximum absolute atomic E-state index is 13.9. The van der Waals surface area contributed by atoms with E-state index in [1.54, 1.807) is 30.2 Å². The Morgan fingerprint density at radius 1 is 1.14 bits per heavy atom. The monoisotopic (exact) mass is 710 g/mol. The van der Waals surface area contributed by atoms with Crippen molar-refractivity contribution in [2.45, 2.75) is 56.6 Å². The maximum atomic E-state index is 13.9. The summed E-state index contributed by atoms with van der Waals surface area (Å²) in [6, 6.07) is 10.1. The molecule has 2 amide bonds. The molecule has 1 aliphatic heterocycles. The summed E-state index contributed by atoms with van der Waals surface area (Å²) in [6.45, 7) is 0.343. The number of amides is 2. The fourth-order valence-corrected chi connectivity index (χ4v) is 6.23. The number of benzene rings is 2. The van der Waals surface area contributed by atoms with E-state index >= 15 is 0 Å². The standard InChI is InChI=1S/C31H39IN2O9/c1-40-24-7-4-3-6-20(24)9-11-34(31(39)25-8-5-13-42-25)23-16-21(30(38)33-10-12-35)17-26(28(23)37)43-29-22(32)14-19(18-36)15-27(29)41-2/h3-4,6-7,14-15,17,23,25-26,28,35-37H,5,8-13,16,18H2,1-2H3,(H,33,38)/t23-,25?,26+,28+/m1/s1. The summed E-state index contributed by atoms with van der Waals surface area (Å²) in [5.41, 5.74) is 1.84. The van der Waals surface area contributed by atoms with Crippen molar-refractivity contribution in [3.05, 3.63) is 62.7 Å². The zero-order valence-electron chi connectivity index (χ0n) is 24.3. The van der Waals surface area contributed by atoms with Gasteiger partial charge in [-0.1, -0.05) is 18.2 Å². The number of nitrogens with one attached hydrogen (secondary N) is 1. The van der Waals surface area contributed by atoms with Gasteiger partial charge in [0.15, 0.2) is 11.5 Å². The van der Waals surface area contributed by atoms with E-state index in [1.165, 1.54) is 7.11 Å². The molecule has 2 aromatic rings. The highest BCUT2D eigenvalue weighted by Gasteiger charge is 2.43. The number of ether oxygens (including phenoxy) is 4. The Kier molecular flexibility index (Phi) is 12.1. The predicted molar refractivity (Wildman–Crippen MR) is 166 cm³/mol. The largest absolute Gasteiger partial charge is 0.496 e. The second-order valence-electron chi connectivity index (χ2n) is 10.4. The number of nitrogens with zero attached hydrogens (tertiary/aromatic N) is 1. The van der Waals surface area contributed by atoms with Crippen LogP contribution in [0.4, 0.5) is 0 Å². The average Bonchev–Trinajstić information content (AvgIpc) is 3.57. The molecule has 2 aromatic carbocycles. The van der Waals surface area contributed by atoms with Gasteiger partial charge in [-0.25, -0.2) is 0 Å². The highest BCUT2D eigenvalue weighted by molar-refractivity contribution is 14.1. The van der Waals surface area contributed by atoms with Gasteiger partial charge in [-0.15, -0.1) is 0 Å². The van der Waals surface area contributed by atoms with Crippen LogP contribution in [0.1, 0.15) is 30.4 Å². The smallest absolute Gasteiger partial charge is 0.252 e. The first-order valence-electron chi connectivity index (χ1n) is 14.3. The zero-order chi connectivity index (χ0) is 30.9. The molecule has 43 heavy (non-hydrogen) atoms. The van der Waals surface area contributed by atoms with Crippen LogP contribution in [0, 0.1) is 3.57 Å². The van der Waals surface area contributed by atoms with Gasteiger partial charge in [-0.05, 0) is 77.3 Å². The molecule has 1 heterocycles. The number of hydrogen-bond acceptors (Lipinski definition) is 9. The molecule has 0 aromatic heterocycles. The fourth-order valence-electron chi connectivity index (χ4n) is 5.44. The first-order chi connectivity index (χ1) is 20.8. The Hall–Kier alpha value is -2.91. The normalized spacial score (nSPS) is 21.6. The van der Waals surface area contributed by atoms with Crippen LogP contribution in [-0.2, 0) is 27.4 Å². The van der Waals surface area contributed by atoms with Crippen molar-refractivity contribution < 1.29 is 43.9 Å². The van der Waals surface area contributed by atoms with E-state index in [0.29, 0.717) is 51.4 Å². The van der Waals surface area contributed by atoms with E-state index in [1.807, 2.05) is 24.3 Å². The predicted octanol–water partition coefficient (Wildman–Crippen LogP) is 1.97. The Morgan fingerprint density at radius 2 is 1.91 bits per heavy atom. The number of carbonyl (C=O) groups is 2. The number of aliphatic hydroxyl groups excluding tert-OH is 3. The topological polar surface area (TPSA) is 147 Å². The van der Waals surface area contributed by atoms with Crippen molar-refractivity contribution in [3.63, 3.8) is 0 Å². The van der Waals surface area contributed by atoms with Crippen LogP contribution in [-0.4, -0.2) is 96.9 Å². The number of halogens is 1. The molecule has 4 N–H and O–H groups in total. The Labute approximate surface area is 264 Å². The summed E-state index contributed by atoms with van der Waals surface area (Å²) >= 11 is 2.06. The van der Waals surface area contributed by atoms with Gasteiger partial charge in [0, 0.05) is 31.7 Å². The molecular formula is C31H39IN2O9. The number of para-hydroxylation sites is 1. The molecule has 4 rings (SSSR count). The van der Waals surface area contributed by atoms with Gasteiger partial charge in [-0.2, -0.15) is 0 Å². The van der Waals surface area contributed by atoms with Crippen LogP contribution in [0.5, 0.6) is 17.2 Å². The molecule has 1 saturated heterocycles. The van der Waals surface area contributed by atoms with E-state index in [4.69, 9.17) is 18.9 Å². The molecule has 234 valence electrons. The lowest BCUT2D eigenvalue weighted by molar-refractivity contribution is -0.148. The molecular weight excluding hydrogens is 671 g/mol. The summed E-state index contributed by atoms with van der Waals surface area (Å²) in [6.07, 6.45) is 0.511. The Bertz CT molecular complexity index is 1300. The van der Waals surface area contributed by atoms with Gasteiger partial charge in [0.1, 0.15) is 24.1 Å². The molecule has 0 radical (unpaired) electrons. The van der Waals surface area contributed by atoms with E-state index < -0.39 is 30.3 Å². The second-order valence-corrected chi connectivity index (χ2v) is 11.5. The molecule has 1 unspecified atom stereocenters. The van der Waals surface area contributed by atoms with Gasteiger partial charge in [-0.3, -0.25) is 9.59 Å². The summed E-state index contributed by atoms with van der Waals surface area (Å²) in [5.74, 6) is 0.697. The molecule has 4 atom stereocenters. The molecule has 0 spiro atoms. The van der Waals surface area contributed by atoms with Crippen LogP contribution >= 0.6 is 22.6 Å². The molecule has 1 fully saturated rings. The molecule has 11 nitrogen and oxygen atoms in total. The van der Waals surface area contributed by atoms with Crippen molar-refractivity contribution in [1.29, 1.82) is 0 Å². The third-order valence-electron chi connectivity index (χ3n) is 7.64. The van der Waals surface area contributed by atoms with Crippen LogP contribution in [0.3, 0.4) is 0 Å². The highest BCUT2D eigenvalue weighted by atomic mass is 127. The fraction of sp³-hybridized carbons (Fsp3) is 0.484. The minimum Gasteiger partial charge on any atom is -0.496 e. The van der Waals surface area contributed by atoms with Gasteiger partial charge in [0.25, 0.3) is 5.91 Å². The number of rotatable bonds is 13. The summed E-state index contributed by atoms with van der Waals surface area (Å²) < 4.78 is 23.8. The number of methoxy groups -OCH3 is 2. The van der Waals surface area contributed by atoms with E-state index in [0.717, 1.165) is 12.0 Å². The molecule has 12 heteroatoms. The SMILES string of the molecule is COc1ccccc1CCN(C(=O)C1CCCO1)[C@@H]1CC(C(=O)NCCO)=C[C@H](Oc2c(I)cc(CO)cc2OC)[C@H]1O. The van der Waals surface area contributed by atoms with Gasteiger partial charge in [0.05, 0.1) is 37.0 Å². The third kappa shape index (κ3) is 7.98. The van der Waals surface area contributed by atoms with Crippen LogP contribution < -0.4 is 19.5 Å².